The minimum absolute atomic E-state index is 0. The molecule has 1 aliphatic heterocycles. The second-order valence-electron chi connectivity index (χ2n) is 1.97. The molecular formula is C5H8NNaO2. The molecule has 4 heteroatoms. The van der Waals surface area contributed by atoms with E-state index in [-0.39, 0.29) is 35.6 Å². The van der Waals surface area contributed by atoms with E-state index in [9.17, 15) is 9.90 Å². The van der Waals surface area contributed by atoms with Crippen molar-refractivity contribution in [3.05, 3.63) is 0 Å². The fourth-order valence-corrected chi connectivity index (χ4v) is 0.886. The first-order valence-corrected chi connectivity index (χ1v) is 2.75. The molecule has 3 nitrogen and oxygen atoms in total. The van der Waals surface area contributed by atoms with Crippen molar-refractivity contribution in [2.75, 3.05) is 6.54 Å². The van der Waals surface area contributed by atoms with Crippen molar-refractivity contribution in [1.82, 2.24) is 5.32 Å². The Morgan fingerprint density at radius 2 is 2.33 bits per heavy atom. The zero-order valence-electron chi connectivity index (χ0n) is 5.52. The van der Waals surface area contributed by atoms with Crippen molar-refractivity contribution in [3.63, 3.8) is 0 Å². The standard InChI is InChI=1S/C5H9NO2.Na/c7-5(8)4-2-1-3-6-4;/h4,6H,1-3H2,(H,7,8);/q;+1/p-1/t4-;/m1./s1. The number of rotatable bonds is 1. The smallest absolute Gasteiger partial charge is 0.548 e. The van der Waals surface area contributed by atoms with Gasteiger partial charge >= 0.3 is 29.6 Å². The number of nitrogens with one attached hydrogen (secondary N) is 1. The van der Waals surface area contributed by atoms with Crippen LogP contribution in [0.2, 0.25) is 0 Å². The van der Waals surface area contributed by atoms with Crippen molar-refractivity contribution < 1.29 is 39.5 Å². The quantitative estimate of drug-likeness (QED) is 0.370. The third-order valence-electron chi connectivity index (χ3n) is 1.34. The Labute approximate surface area is 76.1 Å². The van der Waals surface area contributed by atoms with E-state index in [2.05, 4.69) is 5.32 Å². The molecule has 0 bridgehead atoms. The summed E-state index contributed by atoms with van der Waals surface area (Å²) in [5.41, 5.74) is 0. The van der Waals surface area contributed by atoms with Gasteiger partial charge in [0.25, 0.3) is 0 Å². The molecule has 0 aromatic carbocycles. The van der Waals surface area contributed by atoms with Crippen molar-refractivity contribution in [3.8, 4) is 0 Å². The number of hydrogen-bond acceptors (Lipinski definition) is 3. The molecule has 1 aliphatic rings. The van der Waals surface area contributed by atoms with Gasteiger partial charge in [-0.1, -0.05) is 0 Å². The van der Waals surface area contributed by atoms with Gasteiger partial charge in [0.15, 0.2) is 0 Å². The first-order chi connectivity index (χ1) is 3.80. The summed E-state index contributed by atoms with van der Waals surface area (Å²) in [6.45, 7) is 0.818. The van der Waals surface area contributed by atoms with Crippen LogP contribution in [-0.4, -0.2) is 18.6 Å². The van der Waals surface area contributed by atoms with Crippen molar-refractivity contribution in [1.29, 1.82) is 0 Å². The second-order valence-corrected chi connectivity index (χ2v) is 1.97. The molecule has 1 N–H and O–H groups in total. The van der Waals surface area contributed by atoms with Gasteiger partial charge in [-0.15, -0.1) is 0 Å². The Hall–Kier alpha value is 0.430. The summed E-state index contributed by atoms with van der Waals surface area (Å²) in [5, 5.41) is 12.8. The SMILES string of the molecule is O=C([O-])[C@H]1CCCN1.[Na+]. The van der Waals surface area contributed by atoms with Crippen LogP contribution in [0.3, 0.4) is 0 Å². The molecule has 0 saturated carbocycles. The van der Waals surface area contributed by atoms with Gasteiger partial charge in [-0.25, -0.2) is 0 Å². The van der Waals surface area contributed by atoms with Crippen LogP contribution in [0.15, 0.2) is 0 Å². The van der Waals surface area contributed by atoms with Crippen LogP contribution in [0, 0.1) is 0 Å². The molecule has 0 spiro atoms. The molecule has 0 aromatic rings. The molecule has 1 rings (SSSR count). The van der Waals surface area contributed by atoms with Crippen LogP contribution in [0.4, 0.5) is 0 Å². The number of hydrogen-bond donors (Lipinski definition) is 1. The van der Waals surface area contributed by atoms with Gasteiger partial charge < -0.3 is 15.2 Å². The molecule has 0 unspecified atom stereocenters. The van der Waals surface area contributed by atoms with E-state index < -0.39 is 5.97 Å². The number of carbonyl (C=O) groups is 1. The zero-order valence-corrected chi connectivity index (χ0v) is 7.52. The van der Waals surface area contributed by atoms with Crippen LogP contribution >= 0.6 is 0 Å². The third-order valence-corrected chi connectivity index (χ3v) is 1.34. The molecule has 0 radical (unpaired) electrons. The van der Waals surface area contributed by atoms with Crippen molar-refractivity contribution in [2.45, 2.75) is 18.9 Å². The van der Waals surface area contributed by atoms with E-state index in [4.69, 9.17) is 0 Å². The molecule has 1 atom stereocenters. The number of carboxylic acids is 1. The normalized spacial score (nSPS) is 25.1. The summed E-state index contributed by atoms with van der Waals surface area (Å²) in [7, 11) is 0. The van der Waals surface area contributed by atoms with Gasteiger partial charge in [0.05, 0.1) is 5.97 Å². The first kappa shape index (κ1) is 9.43. The van der Waals surface area contributed by atoms with Gasteiger partial charge in [-0.3, -0.25) is 0 Å². The molecule has 0 aliphatic carbocycles. The van der Waals surface area contributed by atoms with Crippen LogP contribution in [0.1, 0.15) is 12.8 Å². The Balaban J connectivity index is 0.000000640. The molecule has 1 saturated heterocycles. The van der Waals surface area contributed by atoms with E-state index in [0.29, 0.717) is 0 Å². The minimum Gasteiger partial charge on any atom is -0.548 e. The summed E-state index contributed by atoms with van der Waals surface area (Å²) in [6.07, 6.45) is 1.68. The van der Waals surface area contributed by atoms with Gasteiger partial charge in [-0.05, 0) is 19.4 Å². The summed E-state index contributed by atoms with van der Waals surface area (Å²) < 4.78 is 0. The summed E-state index contributed by atoms with van der Waals surface area (Å²) in [5.74, 6) is -0.970. The Bertz CT molecular complexity index is 101. The fraction of sp³-hybridized carbons (Fsp3) is 0.800. The van der Waals surface area contributed by atoms with E-state index >= 15 is 0 Å². The topological polar surface area (TPSA) is 52.2 Å². The average molecular weight is 137 g/mol. The Kier molecular flexibility index (Phi) is 4.48. The molecule has 0 amide bonds. The molecule has 0 aromatic heterocycles. The maximum atomic E-state index is 10.0. The maximum Gasteiger partial charge on any atom is 1.00 e. The van der Waals surface area contributed by atoms with Crippen LogP contribution < -0.4 is 40.0 Å². The average Bonchev–Trinajstić information content (AvgIpc) is 2.12. The van der Waals surface area contributed by atoms with E-state index in [0.717, 1.165) is 19.4 Å². The molecule has 1 fully saturated rings. The number of aliphatic carboxylic acids is 1. The van der Waals surface area contributed by atoms with Crippen LogP contribution in [0.5, 0.6) is 0 Å². The second kappa shape index (κ2) is 4.28. The predicted molar refractivity (Wildman–Crippen MR) is 26.0 cm³/mol. The van der Waals surface area contributed by atoms with Gasteiger partial charge in [0.2, 0.25) is 0 Å². The van der Waals surface area contributed by atoms with Gasteiger partial charge in [0.1, 0.15) is 0 Å². The molecule has 46 valence electrons. The van der Waals surface area contributed by atoms with E-state index in [1.165, 1.54) is 0 Å². The summed E-state index contributed by atoms with van der Waals surface area (Å²) >= 11 is 0. The molecular weight excluding hydrogens is 129 g/mol. The Morgan fingerprint density at radius 3 is 2.56 bits per heavy atom. The first-order valence-electron chi connectivity index (χ1n) is 2.75. The van der Waals surface area contributed by atoms with E-state index in [1.54, 1.807) is 0 Å². The van der Waals surface area contributed by atoms with Crippen molar-refractivity contribution >= 4 is 5.97 Å². The Morgan fingerprint density at radius 1 is 1.67 bits per heavy atom. The molecule has 9 heavy (non-hydrogen) atoms. The fourth-order valence-electron chi connectivity index (χ4n) is 0.886. The minimum atomic E-state index is -0.970. The summed E-state index contributed by atoms with van der Waals surface area (Å²) in [4.78, 5) is 10.0. The number of carboxylic acid groups (broad SMARTS) is 1. The predicted octanol–water partition coefficient (Wildman–Crippen LogP) is -4.51. The van der Waals surface area contributed by atoms with Gasteiger partial charge in [-0.2, -0.15) is 0 Å². The third kappa shape index (κ3) is 2.67. The maximum absolute atomic E-state index is 10.0. The monoisotopic (exact) mass is 137 g/mol. The number of carbonyl (C=O) groups excluding carboxylic acids is 1. The van der Waals surface area contributed by atoms with Crippen molar-refractivity contribution in [2.24, 2.45) is 0 Å². The van der Waals surface area contributed by atoms with Crippen LogP contribution in [0.25, 0.3) is 0 Å². The molecule has 1 heterocycles. The van der Waals surface area contributed by atoms with Crippen LogP contribution in [-0.2, 0) is 4.79 Å². The van der Waals surface area contributed by atoms with Gasteiger partial charge in [0, 0.05) is 6.04 Å². The summed E-state index contributed by atoms with van der Waals surface area (Å²) in [6, 6.07) is -0.380. The zero-order chi connectivity index (χ0) is 5.98. The van der Waals surface area contributed by atoms with E-state index in [1.807, 2.05) is 0 Å². The largest absolute Gasteiger partial charge is 1.00 e.